The molecule has 0 aromatic rings. The van der Waals surface area contributed by atoms with Crippen LogP contribution in [-0.4, -0.2) is 17.4 Å². The van der Waals surface area contributed by atoms with Crippen LogP contribution >= 0.6 is 0 Å². The van der Waals surface area contributed by atoms with Crippen molar-refractivity contribution in [3.63, 3.8) is 0 Å². The third kappa shape index (κ3) is 1.38. The standard InChI is InChI=1S/C12H16F3O2/c1-10(2)6-4-5-11(10,3)8(16)7(6)9(17)12(13,14)15/h6,8,17H,4-5H2,1-3H3/q-1/b9-7-/t6-,8?,11-/m0/s1. The molecule has 5 heteroatoms. The average molecular weight is 249 g/mol. The van der Waals surface area contributed by atoms with Gasteiger partial charge in [-0.3, -0.25) is 0 Å². The molecule has 0 heterocycles. The summed E-state index contributed by atoms with van der Waals surface area (Å²) in [4.78, 5) is 0. The summed E-state index contributed by atoms with van der Waals surface area (Å²) < 4.78 is 37.6. The maximum absolute atomic E-state index is 12.5. The number of fused-ring (bicyclic) bond motifs is 2. The maximum Gasteiger partial charge on any atom is 0.448 e. The van der Waals surface area contributed by atoms with Gasteiger partial charge >= 0.3 is 6.18 Å². The van der Waals surface area contributed by atoms with Gasteiger partial charge in [0.2, 0.25) is 0 Å². The first-order chi connectivity index (χ1) is 7.53. The third-order valence-electron chi connectivity index (χ3n) is 5.07. The second-order valence-electron chi connectivity index (χ2n) is 5.91. The third-order valence-corrected chi connectivity index (χ3v) is 5.07. The van der Waals surface area contributed by atoms with Crippen LogP contribution in [0.15, 0.2) is 11.3 Å². The lowest BCUT2D eigenvalue weighted by atomic mass is 9.70. The SMILES string of the molecule is CC1(C)[C@H]2CC[C@@]1(C)C([O-])/C2=C(\O)C(F)(F)F. The van der Waals surface area contributed by atoms with Crippen molar-refractivity contribution in [1.82, 2.24) is 0 Å². The molecule has 3 atom stereocenters. The lowest BCUT2D eigenvalue weighted by molar-refractivity contribution is -0.434. The molecular weight excluding hydrogens is 233 g/mol. The normalized spacial score (nSPS) is 43.0. The molecule has 1 N–H and O–H groups in total. The summed E-state index contributed by atoms with van der Waals surface area (Å²) in [6, 6.07) is 0. The van der Waals surface area contributed by atoms with Gasteiger partial charge in [0.25, 0.3) is 0 Å². The van der Waals surface area contributed by atoms with Gasteiger partial charge in [0, 0.05) is 0 Å². The Hall–Kier alpha value is -0.710. The van der Waals surface area contributed by atoms with Crippen molar-refractivity contribution < 1.29 is 23.4 Å². The van der Waals surface area contributed by atoms with Crippen LogP contribution in [0.4, 0.5) is 13.2 Å². The Morgan fingerprint density at radius 1 is 1.35 bits per heavy atom. The highest BCUT2D eigenvalue weighted by atomic mass is 19.4. The van der Waals surface area contributed by atoms with Crippen LogP contribution in [0.2, 0.25) is 0 Å². The number of halogens is 3. The average Bonchev–Trinajstić information content (AvgIpc) is 2.47. The molecule has 0 amide bonds. The van der Waals surface area contributed by atoms with Crippen molar-refractivity contribution >= 4 is 0 Å². The molecule has 17 heavy (non-hydrogen) atoms. The fraction of sp³-hybridized carbons (Fsp3) is 0.833. The van der Waals surface area contributed by atoms with Gasteiger partial charge in [-0.15, -0.1) is 0 Å². The zero-order valence-electron chi connectivity index (χ0n) is 10.1. The number of hydrogen-bond acceptors (Lipinski definition) is 2. The number of aliphatic hydroxyl groups is 1. The van der Waals surface area contributed by atoms with E-state index in [1.165, 1.54) is 0 Å². The summed E-state index contributed by atoms with van der Waals surface area (Å²) in [5.41, 5.74) is -1.49. The first-order valence-electron chi connectivity index (χ1n) is 5.69. The Kier molecular flexibility index (Phi) is 2.39. The summed E-state index contributed by atoms with van der Waals surface area (Å²) in [5, 5.41) is 21.4. The second kappa shape index (κ2) is 3.19. The minimum atomic E-state index is -4.81. The van der Waals surface area contributed by atoms with Crippen LogP contribution in [0.1, 0.15) is 33.6 Å². The van der Waals surface area contributed by atoms with Crippen molar-refractivity contribution in [2.24, 2.45) is 16.7 Å². The molecule has 2 nitrogen and oxygen atoms in total. The maximum atomic E-state index is 12.5. The number of aliphatic hydroxyl groups excluding tert-OH is 1. The molecule has 0 aromatic carbocycles. The van der Waals surface area contributed by atoms with Gasteiger partial charge in [0.15, 0.2) is 5.76 Å². The predicted octanol–water partition coefficient (Wildman–Crippen LogP) is 2.55. The van der Waals surface area contributed by atoms with Crippen LogP contribution in [0.25, 0.3) is 0 Å². The van der Waals surface area contributed by atoms with E-state index in [2.05, 4.69) is 0 Å². The summed E-state index contributed by atoms with van der Waals surface area (Å²) in [6.45, 7) is 5.39. The molecule has 0 aromatic heterocycles. The van der Waals surface area contributed by atoms with Crippen LogP contribution in [-0.2, 0) is 0 Å². The zero-order chi connectivity index (χ0) is 13.2. The van der Waals surface area contributed by atoms with Crippen molar-refractivity contribution in [1.29, 1.82) is 0 Å². The van der Waals surface area contributed by atoms with E-state index in [1.54, 1.807) is 6.92 Å². The van der Waals surface area contributed by atoms with Gasteiger partial charge in [-0.05, 0) is 35.2 Å². The molecule has 2 rings (SSSR count). The first kappa shape index (κ1) is 12.7. The Balaban J connectivity index is 2.56. The fourth-order valence-corrected chi connectivity index (χ4v) is 3.52. The number of alkyl halides is 3. The van der Waals surface area contributed by atoms with Crippen molar-refractivity contribution in [2.75, 3.05) is 0 Å². The monoisotopic (exact) mass is 249 g/mol. The molecule has 0 saturated heterocycles. The van der Waals surface area contributed by atoms with E-state index < -0.39 is 34.8 Å². The van der Waals surface area contributed by atoms with E-state index in [9.17, 15) is 23.4 Å². The van der Waals surface area contributed by atoms with E-state index in [-0.39, 0.29) is 5.57 Å². The second-order valence-corrected chi connectivity index (χ2v) is 5.91. The molecule has 0 aliphatic heterocycles. The minimum Gasteiger partial charge on any atom is -0.848 e. The highest BCUT2D eigenvalue weighted by Crippen LogP contribution is 2.67. The van der Waals surface area contributed by atoms with E-state index in [0.717, 1.165) is 0 Å². The van der Waals surface area contributed by atoms with Gasteiger partial charge < -0.3 is 10.2 Å². The van der Waals surface area contributed by atoms with Crippen molar-refractivity contribution in [3.8, 4) is 0 Å². The topological polar surface area (TPSA) is 43.3 Å². The van der Waals surface area contributed by atoms with Crippen LogP contribution in [0, 0.1) is 16.7 Å². The highest BCUT2D eigenvalue weighted by Gasteiger charge is 2.62. The highest BCUT2D eigenvalue weighted by molar-refractivity contribution is 5.34. The molecule has 0 spiro atoms. The summed E-state index contributed by atoms with van der Waals surface area (Å²) in [7, 11) is 0. The van der Waals surface area contributed by atoms with Gasteiger partial charge in [-0.25, -0.2) is 0 Å². The molecular formula is C12H16F3O2-. The summed E-state index contributed by atoms with van der Waals surface area (Å²) in [6.07, 6.45) is -5.07. The van der Waals surface area contributed by atoms with Gasteiger partial charge in [-0.2, -0.15) is 13.2 Å². The smallest absolute Gasteiger partial charge is 0.448 e. The molecule has 98 valence electrons. The van der Waals surface area contributed by atoms with Crippen LogP contribution in [0.3, 0.4) is 0 Å². The molecule has 2 aliphatic carbocycles. The fourth-order valence-electron chi connectivity index (χ4n) is 3.52. The van der Waals surface area contributed by atoms with Gasteiger partial charge in [0.05, 0.1) is 0 Å². The summed E-state index contributed by atoms with van der Waals surface area (Å²) >= 11 is 0. The molecule has 2 saturated carbocycles. The Bertz CT molecular complexity index is 384. The zero-order valence-corrected chi connectivity index (χ0v) is 10.1. The lowest BCUT2D eigenvalue weighted by Crippen LogP contribution is -2.44. The van der Waals surface area contributed by atoms with E-state index >= 15 is 0 Å². The summed E-state index contributed by atoms with van der Waals surface area (Å²) in [5.74, 6) is -2.10. The Morgan fingerprint density at radius 2 is 1.88 bits per heavy atom. The number of hydrogen-bond donors (Lipinski definition) is 1. The van der Waals surface area contributed by atoms with Crippen LogP contribution in [0.5, 0.6) is 0 Å². The van der Waals surface area contributed by atoms with E-state index in [4.69, 9.17) is 0 Å². The molecule has 2 aliphatic rings. The quantitative estimate of drug-likeness (QED) is 0.670. The van der Waals surface area contributed by atoms with E-state index in [0.29, 0.717) is 12.8 Å². The molecule has 1 unspecified atom stereocenters. The van der Waals surface area contributed by atoms with Crippen LogP contribution < -0.4 is 5.11 Å². The van der Waals surface area contributed by atoms with E-state index in [1.807, 2.05) is 13.8 Å². The Morgan fingerprint density at radius 3 is 2.24 bits per heavy atom. The lowest BCUT2D eigenvalue weighted by Gasteiger charge is -2.43. The number of rotatable bonds is 0. The molecule has 2 fully saturated rings. The first-order valence-corrected chi connectivity index (χ1v) is 5.69. The van der Waals surface area contributed by atoms with Gasteiger partial charge in [0.1, 0.15) is 0 Å². The number of allylic oxidation sites excluding steroid dienone is 1. The largest absolute Gasteiger partial charge is 0.848 e. The predicted molar refractivity (Wildman–Crippen MR) is 54.1 cm³/mol. The molecule has 2 bridgehead atoms. The Labute approximate surface area is 98.1 Å². The van der Waals surface area contributed by atoms with Gasteiger partial charge in [-0.1, -0.05) is 26.9 Å². The van der Waals surface area contributed by atoms with Crippen molar-refractivity contribution in [3.05, 3.63) is 11.3 Å². The van der Waals surface area contributed by atoms with Crippen molar-refractivity contribution in [2.45, 2.75) is 45.9 Å². The minimum absolute atomic E-state index is 0.323. The molecule has 0 radical (unpaired) electrons.